The summed E-state index contributed by atoms with van der Waals surface area (Å²) in [5, 5.41) is 55.3. The molecule has 7 N–H and O–H groups in total. The quantitative estimate of drug-likeness (QED) is 0.175. The monoisotopic (exact) mass is 272 g/mol. The summed E-state index contributed by atoms with van der Waals surface area (Å²) in [5.74, 6) is -8.50. The van der Waals surface area contributed by atoms with E-state index in [9.17, 15) is 4.79 Å². The molecule has 1 aromatic carbocycles. The van der Waals surface area contributed by atoms with Crippen molar-refractivity contribution in [2.24, 2.45) is 5.10 Å². The van der Waals surface area contributed by atoms with E-state index in [4.69, 9.17) is 30.6 Å². The fourth-order valence-corrected chi connectivity index (χ4v) is 1.14. The van der Waals surface area contributed by atoms with Crippen molar-refractivity contribution < 1.29 is 35.4 Å². The van der Waals surface area contributed by atoms with Gasteiger partial charge < -0.3 is 30.6 Å². The van der Waals surface area contributed by atoms with E-state index in [1.165, 1.54) is 12.1 Å². The van der Waals surface area contributed by atoms with E-state index in [-0.39, 0.29) is 5.56 Å². The Morgan fingerprint density at radius 2 is 1.42 bits per heavy atom. The molecule has 104 valence electrons. The van der Waals surface area contributed by atoms with E-state index in [2.05, 4.69) is 5.10 Å². The summed E-state index contributed by atoms with van der Waals surface area (Å²) >= 11 is 0. The SMILES string of the molecule is O=C(NN=C(C(O)(O)O)C(O)(O)O)c1ccccc1. The zero-order valence-corrected chi connectivity index (χ0v) is 9.43. The predicted octanol–water partition coefficient (Wildman–Crippen LogP) is -2.97. The van der Waals surface area contributed by atoms with Crippen molar-refractivity contribution in [1.29, 1.82) is 0 Å². The Labute approximate surface area is 106 Å². The van der Waals surface area contributed by atoms with Gasteiger partial charge in [-0.25, -0.2) is 5.43 Å². The molecule has 0 fully saturated rings. The molecule has 9 nitrogen and oxygen atoms in total. The Balaban J connectivity index is 2.92. The first-order valence-corrected chi connectivity index (χ1v) is 4.90. The number of carbonyl (C=O) groups excluding carboxylic acids is 1. The second-order valence-electron chi connectivity index (χ2n) is 3.54. The molecule has 0 bridgehead atoms. The second-order valence-corrected chi connectivity index (χ2v) is 3.54. The predicted molar refractivity (Wildman–Crippen MR) is 60.1 cm³/mol. The van der Waals surface area contributed by atoms with Crippen molar-refractivity contribution in [3.8, 4) is 0 Å². The van der Waals surface area contributed by atoms with Gasteiger partial charge in [0.2, 0.25) is 5.71 Å². The van der Waals surface area contributed by atoms with Crippen LogP contribution < -0.4 is 5.43 Å². The van der Waals surface area contributed by atoms with Crippen LogP contribution in [0.2, 0.25) is 0 Å². The summed E-state index contributed by atoms with van der Waals surface area (Å²) in [5.41, 5.74) is 0.140. The number of hydrogen-bond donors (Lipinski definition) is 7. The summed E-state index contributed by atoms with van der Waals surface area (Å²) in [7, 11) is 0. The van der Waals surface area contributed by atoms with Crippen LogP contribution in [0.5, 0.6) is 0 Å². The number of hydrogen-bond acceptors (Lipinski definition) is 8. The van der Waals surface area contributed by atoms with Crippen molar-refractivity contribution in [1.82, 2.24) is 5.43 Å². The van der Waals surface area contributed by atoms with Crippen molar-refractivity contribution >= 4 is 11.6 Å². The summed E-state index contributed by atoms with van der Waals surface area (Å²) < 4.78 is 0. The van der Waals surface area contributed by atoms with Gasteiger partial charge >= 0.3 is 11.9 Å². The number of hydrazone groups is 1. The van der Waals surface area contributed by atoms with Gasteiger partial charge in [-0.05, 0) is 12.1 Å². The molecule has 19 heavy (non-hydrogen) atoms. The third kappa shape index (κ3) is 4.37. The van der Waals surface area contributed by atoms with Gasteiger partial charge in [-0.2, -0.15) is 5.10 Å². The van der Waals surface area contributed by atoms with Crippen LogP contribution in [0.3, 0.4) is 0 Å². The topological polar surface area (TPSA) is 163 Å². The molecule has 9 heteroatoms. The van der Waals surface area contributed by atoms with Gasteiger partial charge in [0.05, 0.1) is 0 Å². The minimum Gasteiger partial charge on any atom is -0.338 e. The maximum absolute atomic E-state index is 11.5. The average Bonchev–Trinajstić information content (AvgIpc) is 2.26. The Kier molecular flexibility index (Phi) is 4.32. The number of nitrogens with zero attached hydrogens (tertiary/aromatic N) is 1. The highest BCUT2D eigenvalue weighted by molar-refractivity contribution is 5.97. The van der Waals surface area contributed by atoms with Crippen LogP contribution in [0.25, 0.3) is 0 Å². The number of rotatable bonds is 4. The number of amides is 1. The van der Waals surface area contributed by atoms with Crippen molar-refractivity contribution in [2.75, 3.05) is 0 Å². The van der Waals surface area contributed by atoms with E-state index in [1.54, 1.807) is 23.6 Å². The Hall–Kier alpha value is -1.88. The molecule has 0 radical (unpaired) electrons. The van der Waals surface area contributed by atoms with Gasteiger partial charge in [0, 0.05) is 5.56 Å². The van der Waals surface area contributed by atoms with Crippen LogP contribution in [-0.4, -0.2) is 54.2 Å². The molecule has 0 unspecified atom stereocenters. The van der Waals surface area contributed by atoms with E-state index in [0.717, 1.165) is 0 Å². The highest BCUT2D eigenvalue weighted by Crippen LogP contribution is 2.08. The van der Waals surface area contributed by atoms with Gasteiger partial charge in [0.15, 0.2) is 0 Å². The zero-order chi connectivity index (χ0) is 14.7. The minimum absolute atomic E-state index is 0.129. The fraction of sp³-hybridized carbons (Fsp3) is 0.200. The van der Waals surface area contributed by atoms with E-state index < -0.39 is 23.6 Å². The Morgan fingerprint density at radius 3 is 1.84 bits per heavy atom. The number of aliphatic hydroxyl groups is 6. The molecule has 1 amide bonds. The summed E-state index contributed by atoms with van der Waals surface area (Å²) in [6.45, 7) is 0. The fourth-order valence-electron chi connectivity index (χ4n) is 1.14. The van der Waals surface area contributed by atoms with Crippen LogP contribution in [0, 0.1) is 0 Å². The largest absolute Gasteiger partial charge is 0.338 e. The average molecular weight is 272 g/mol. The van der Waals surface area contributed by atoms with Gasteiger partial charge in [-0.3, -0.25) is 4.79 Å². The van der Waals surface area contributed by atoms with Gasteiger partial charge in [-0.15, -0.1) is 0 Å². The van der Waals surface area contributed by atoms with Crippen LogP contribution in [-0.2, 0) is 0 Å². The number of nitrogens with one attached hydrogen (secondary N) is 1. The molecule has 0 saturated heterocycles. The lowest BCUT2D eigenvalue weighted by atomic mass is 10.2. The van der Waals surface area contributed by atoms with Gasteiger partial charge in [0.25, 0.3) is 5.91 Å². The molecule has 0 atom stereocenters. The molecule has 0 heterocycles. The number of carbonyl (C=O) groups is 1. The molecule has 1 rings (SSSR count). The lowest BCUT2D eigenvalue weighted by Gasteiger charge is -2.23. The molecule has 0 aliphatic heterocycles. The highest BCUT2D eigenvalue weighted by Gasteiger charge is 2.43. The van der Waals surface area contributed by atoms with Crippen molar-refractivity contribution in [3.63, 3.8) is 0 Å². The van der Waals surface area contributed by atoms with Crippen LogP contribution >= 0.6 is 0 Å². The standard InChI is InChI=1S/C10H12N2O7/c13-7(6-4-2-1-3-5-6)11-12-8(9(14,15)16)10(17,18)19/h1-5,14-19H,(H,11,13). The molecule has 0 saturated carbocycles. The summed E-state index contributed by atoms with van der Waals surface area (Å²) in [4.78, 5) is 11.5. The van der Waals surface area contributed by atoms with Crippen molar-refractivity contribution in [3.05, 3.63) is 35.9 Å². The first-order valence-electron chi connectivity index (χ1n) is 4.90. The smallest absolute Gasteiger partial charge is 0.328 e. The molecule has 0 spiro atoms. The zero-order valence-electron chi connectivity index (χ0n) is 9.43. The first-order chi connectivity index (χ1) is 8.62. The van der Waals surface area contributed by atoms with Gasteiger partial charge in [0.1, 0.15) is 0 Å². The lowest BCUT2D eigenvalue weighted by Crippen LogP contribution is -2.54. The Bertz CT molecular complexity index is 457. The molecular formula is C10H12N2O7. The summed E-state index contributed by atoms with van der Waals surface area (Å²) in [6, 6.07) is 7.54. The maximum Gasteiger partial charge on any atom is 0.328 e. The number of benzene rings is 1. The van der Waals surface area contributed by atoms with Crippen LogP contribution in [0.1, 0.15) is 10.4 Å². The lowest BCUT2D eigenvalue weighted by molar-refractivity contribution is -0.306. The molecule has 1 aromatic rings. The minimum atomic E-state index is -3.83. The molecule has 0 aliphatic rings. The van der Waals surface area contributed by atoms with E-state index >= 15 is 0 Å². The van der Waals surface area contributed by atoms with Crippen LogP contribution in [0.4, 0.5) is 0 Å². The van der Waals surface area contributed by atoms with Crippen LogP contribution in [0.15, 0.2) is 35.4 Å². The van der Waals surface area contributed by atoms with E-state index in [0.29, 0.717) is 0 Å². The normalized spacial score (nSPS) is 11.9. The first kappa shape index (κ1) is 15.2. The van der Waals surface area contributed by atoms with Gasteiger partial charge in [-0.1, -0.05) is 18.2 Å². The highest BCUT2D eigenvalue weighted by atomic mass is 16.7. The van der Waals surface area contributed by atoms with Crippen molar-refractivity contribution in [2.45, 2.75) is 11.9 Å². The molecular weight excluding hydrogens is 260 g/mol. The second kappa shape index (κ2) is 5.40. The third-order valence-corrected chi connectivity index (χ3v) is 1.94. The molecule has 0 aromatic heterocycles. The Morgan fingerprint density at radius 1 is 0.947 bits per heavy atom. The van der Waals surface area contributed by atoms with E-state index in [1.807, 2.05) is 0 Å². The maximum atomic E-state index is 11.5. The summed E-state index contributed by atoms with van der Waals surface area (Å²) in [6.07, 6.45) is 0. The third-order valence-electron chi connectivity index (χ3n) is 1.94. The molecule has 0 aliphatic carbocycles.